The largest absolute Gasteiger partial charge is 0.410 e. The Kier molecular flexibility index (Phi) is 4.29. The van der Waals surface area contributed by atoms with Crippen LogP contribution in [0.3, 0.4) is 0 Å². The van der Waals surface area contributed by atoms with E-state index in [-0.39, 0.29) is 31.0 Å². The molecule has 1 saturated heterocycles. The quantitative estimate of drug-likeness (QED) is 0.579. The van der Waals surface area contributed by atoms with Gasteiger partial charge in [-0.3, -0.25) is 4.79 Å². The molecule has 1 rings (SSSR count). The fraction of sp³-hybridized carbons (Fsp3) is 0.909. The van der Waals surface area contributed by atoms with Gasteiger partial charge in [0, 0.05) is 5.92 Å². The molecular formula is C11H20O5. The molecule has 1 aliphatic heterocycles. The van der Waals surface area contributed by atoms with Crippen LogP contribution < -0.4 is 0 Å². The van der Waals surface area contributed by atoms with E-state index in [1.54, 1.807) is 0 Å². The van der Waals surface area contributed by atoms with Crippen molar-refractivity contribution in [2.24, 2.45) is 5.92 Å². The molecular weight excluding hydrogens is 212 g/mol. The van der Waals surface area contributed by atoms with Crippen LogP contribution in [0.25, 0.3) is 0 Å². The molecule has 0 spiro atoms. The number of rotatable bonds is 4. The monoisotopic (exact) mass is 232 g/mol. The van der Waals surface area contributed by atoms with E-state index in [0.717, 1.165) is 0 Å². The fourth-order valence-corrected chi connectivity index (χ4v) is 1.81. The van der Waals surface area contributed by atoms with Crippen LogP contribution in [0.2, 0.25) is 0 Å². The summed E-state index contributed by atoms with van der Waals surface area (Å²) in [7, 11) is 0. The van der Waals surface area contributed by atoms with Gasteiger partial charge in [0.2, 0.25) is 0 Å². The summed E-state index contributed by atoms with van der Waals surface area (Å²) in [5.41, 5.74) is 0. The Labute approximate surface area is 95.7 Å². The molecule has 0 aromatic rings. The molecule has 0 bridgehead atoms. The first-order valence-corrected chi connectivity index (χ1v) is 5.55. The van der Waals surface area contributed by atoms with Gasteiger partial charge in [0.1, 0.15) is 0 Å². The van der Waals surface area contributed by atoms with Gasteiger partial charge in [-0.15, -0.1) is 0 Å². The van der Waals surface area contributed by atoms with Gasteiger partial charge >= 0.3 is 5.97 Å². The van der Waals surface area contributed by atoms with Gasteiger partial charge in [0.05, 0.1) is 24.7 Å². The standard InChI is InChI=1S/C11H20O5/c1-7(2)15-11(14-6-12)5-10(13)8(3)9(4)16-11/h6-10,13H,5H2,1-4H3. The Hall–Kier alpha value is -0.650. The Balaban J connectivity index is 2.80. The van der Waals surface area contributed by atoms with Crippen molar-refractivity contribution in [1.82, 2.24) is 0 Å². The van der Waals surface area contributed by atoms with Gasteiger partial charge in [-0.25, -0.2) is 0 Å². The van der Waals surface area contributed by atoms with Gasteiger partial charge in [-0.1, -0.05) is 6.92 Å². The molecule has 0 radical (unpaired) electrons. The molecule has 1 N–H and O–H groups in total. The van der Waals surface area contributed by atoms with Crippen molar-refractivity contribution in [3.63, 3.8) is 0 Å². The maximum absolute atomic E-state index is 10.5. The zero-order chi connectivity index (χ0) is 12.3. The average molecular weight is 232 g/mol. The first kappa shape index (κ1) is 13.4. The van der Waals surface area contributed by atoms with Gasteiger partial charge < -0.3 is 19.3 Å². The van der Waals surface area contributed by atoms with Gasteiger partial charge in [0.25, 0.3) is 6.47 Å². The van der Waals surface area contributed by atoms with E-state index < -0.39 is 12.1 Å². The third-order valence-electron chi connectivity index (χ3n) is 2.81. The topological polar surface area (TPSA) is 65.0 Å². The molecule has 1 heterocycles. The second kappa shape index (κ2) is 5.12. The van der Waals surface area contributed by atoms with Crippen LogP contribution in [-0.2, 0) is 19.0 Å². The molecule has 1 fully saturated rings. The van der Waals surface area contributed by atoms with E-state index in [1.807, 2.05) is 27.7 Å². The molecule has 5 heteroatoms. The van der Waals surface area contributed by atoms with E-state index >= 15 is 0 Å². The number of aliphatic hydroxyl groups excluding tert-OH is 1. The molecule has 1 aliphatic rings. The summed E-state index contributed by atoms with van der Waals surface area (Å²) >= 11 is 0. The first-order chi connectivity index (χ1) is 7.40. The zero-order valence-electron chi connectivity index (χ0n) is 10.2. The summed E-state index contributed by atoms with van der Waals surface area (Å²) < 4.78 is 15.9. The van der Waals surface area contributed by atoms with Crippen LogP contribution in [0, 0.1) is 5.92 Å². The maximum atomic E-state index is 10.5. The van der Waals surface area contributed by atoms with Crippen molar-refractivity contribution >= 4 is 6.47 Å². The summed E-state index contributed by atoms with van der Waals surface area (Å²) in [5.74, 6) is -1.46. The third kappa shape index (κ3) is 2.93. The zero-order valence-corrected chi connectivity index (χ0v) is 10.2. The summed E-state index contributed by atoms with van der Waals surface area (Å²) in [4.78, 5) is 10.5. The van der Waals surface area contributed by atoms with Crippen LogP contribution >= 0.6 is 0 Å². The van der Waals surface area contributed by atoms with Crippen LogP contribution in [-0.4, -0.2) is 35.9 Å². The van der Waals surface area contributed by atoms with Crippen LogP contribution in [0.4, 0.5) is 0 Å². The summed E-state index contributed by atoms with van der Waals surface area (Å²) in [6.45, 7) is 7.62. The number of hydrogen-bond donors (Lipinski definition) is 1. The van der Waals surface area contributed by atoms with Crippen molar-refractivity contribution in [1.29, 1.82) is 0 Å². The molecule has 0 aromatic carbocycles. The minimum atomic E-state index is -1.44. The Bertz CT molecular complexity index is 229. The van der Waals surface area contributed by atoms with E-state index in [1.165, 1.54) is 0 Å². The lowest BCUT2D eigenvalue weighted by atomic mass is 9.92. The van der Waals surface area contributed by atoms with E-state index in [0.29, 0.717) is 0 Å². The van der Waals surface area contributed by atoms with E-state index in [4.69, 9.17) is 14.2 Å². The lowest BCUT2D eigenvalue weighted by Gasteiger charge is -2.43. The maximum Gasteiger partial charge on any atom is 0.332 e. The van der Waals surface area contributed by atoms with Crippen molar-refractivity contribution < 1.29 is 24.1 Å². The van der Waals surface area contributed by atoms with Gasteiger partial charge in [0.15, 0.2) is 0 Å². The Morgan fingerprint density at radius 1 is 1.50 bits per heavy atom. The normalized spacial score (nSPS) is 39.8. The number of aliphatic hydroxyl groups is 1. The fourth-order valence-electron chi connectivity index (χ4n) is 1.81. The highest BCUT2D eigenvalue weighted by molar-refractivity contribution is 5.37. The molecule has 94 valence electrons. The van der Waals surface area contributed by atoms with E-state index in [9.17, 15) is 9.90 Å². The number of hydrogen-bond acceptors (Lipinski definition) is 5. The number of carbonyl (C=O) groups is 1. The predicted octanol–water partition coefficient (Wildman–Crippen LogP) is 1.04. The van der Waals surface area contributed by atoms with Gasteiger partial charge in [-0.2, -0.15) is 0 Å². The molecule has 16 heavy (non-hydrogen) atoms. The number of carbonyl (C=O) groups excluding carboxylic acids is 1. The van der Waals surface area contributed by atoms with E-state index in [2.05, 4.69) is 0 Å². The highest BCUT2D eigenvalue weighted by Crippen LogP contribution is 2.35. The minimum Gasteiger partial charge on any atom is -0.410 e. The van der Waals surface area contributed by atoms with Crippen molar-refractivity contribution in [3.8, 4) is 0 Å². The summed E-state index contributed by atoms with van der Waals surface area (Å²) in [6.07, 6.45) is -0.868. The molecule has 4 atom stereocenters. The number of ether oxygens (including phenoxy) is 3. The molecule has 4 unspecified atom stereocenters. The SMILES string of the molecule is CC(C)OC1(OC=O)CC(O)C(C)C(C)O1. The first-order valence-electron chi connectivity index (χ1n) is 5.55. The third-order valence-corrected chi connectivity index (χ3v) is 2.81. The molecule has 0 saturated carbocycles. The molecule has 5 nitrogen and oxygen atoms in total. The van der Waals surface area contributed by atoms with Crippen molar-refractivity contribution in [3.05, 3.63) is 0 Å². The van der Waals surface area contributed by atoms with Crippen LogP contribution in [0.1, 0.15) is 34.1 Å². The second-order valence-electron chi connectivity index (χ2n) is 4.52. The van der Waals surface area contributed by atoms with Crippen LogP contribution in [0.5, 0.6) is 0 Å². The average Bonchev–Trinajstić information content (AvgIpc) is 2.13. The molecule has 0 aliphatic carbocycles. The molecule has 0 aromatic heterocycles. The van der Waals surface area contributed by atoms with Gasteiger partial charge in [-0.05, 0) is 20.8 Å². The second-order valence-corrected chi connectivity index (χ2v) is 4.52. The summed E-state index contributed by atoms with van der Waals surface area (Å²) in [5, 5.41) is 9.87. The predicted molar refractivity (Wildman–Crippen MR) is 56.4 cm³/mol. The smallest absolute Gasteiger partial charge is 0.332 e. The van der Waals surface area contributed by atoms with Crippen molar-refractivity contribution in [2.75, 3.05) is 0 Å². The van der Waals surface area contributed by atoms with Crippen molar-refractivity contribution in [2.45, 2.75) is 58.4 Å². The Morgan fingerprint density at radius 2 is 2.12 bits per heavy atom. The lowest BCUT2D eigenvalue weighted by molar-refractivity contribution is -0.410. The Morgan fingerprint density at radius 3 is 2.56 bits per heavy atom. The van der Waals surface area contributed by atoms with Crippen LogP contribution in [0.15, 0.2) is 0 Å². The highest BCUT2D eigenvalue weighted by atomic mass is 16.9. The summed E-state index contributed by atoms with van der Waals surface area (Å²) in [6, 6.07) is 0. The molecule has 0 amide bonds. The lowest BCUT2D eigenvalue weighted by Crippen LogP contribution is -2.53. The minimum absolute atomic E-state index is 0.0147. The highest BCUT2D eigenvalue weighted by Gasteiger charge is 2.47.